The molecule has 1 saturated carbocycles. The highest BCUT2D eigenvalue weighted by atomic mass is 16.4. The minimum absolute atomic E-state index is 0.400. The second kappa shape index (κ2) is 3.59. The van der Waals surface area contributed by atoms with Gasteiger partial charge >= 0.3 is 5.97 Å². The standard InChI is InChI=1S/C11H12N2O3/c1-7-3-2-4-8(12-7)13-9(14)11(5-6-11)10(15)16/h2-4H,5-6H2,1H3,(H,15,16)(H,12,13,14). The van der Waals surface area contributed by atoms with Crippen LogP contribution in [0.25, 0.3) is 0 Å². The average molecular weight is 220 g/mol. The summed E-state index contributed by atoms with van der Waals surface area (Å²) in [7, 11) is 0. The number of pyridine rings is 1. The summed E-state index contributed by atoms with van der Waals surface area (Å²) in [6.07, 6.45) is 0.806. The van der Waals surface area contributed by atoms with Crippen LogP contribution in [0.1, 0.15) is 18.5 Å². The van der Waals surface area contributed by atoms with Crippen LogP contribution in [-0.4, -0.2) is 22.0 Å². The lowest BCUT2D eigenvalue weighted by Gasteiger charge is -2.10. The molecule has 2 rings (SSSR count). The lowest BCUT2D eigenvalue weighted by Crippen LogP contribution is -2.31. The molecule has 1 aliphatic carbocycles. The van der Waals surface area contributed by atoms with Crippen molar-refractivity contribution in [3.8, 4) is 0 Å². The highest BCUT2D eigenvalue weighted by molar-refractivity contribution is 6.10. The Morgan fingerprint density at radius 2 is 2.12 bits per heavy atom. The van der Waals surface area contributed by atoms with E-state index in [2.05, 4.69) is 10.3 Å². The summed E-state index contributed by atoms with van der Waals surface area (Å²) in [6, 6.07) is 5.21. The summed E-state index contributed by atoms with van der Waals surface area (Å²) in [5, 5.41) is 11.5. The van der Waals surface area contributed by atoms with Crippen molar-refractivity contribution in [3.05, 3.63) is 23.9 Å². The number of hydrogen-bond donors (Lipinski definition) is 2. The first kappa shape index (κ1) is 10.6. The van der Waals surface area contributed by atoms with Gasteiger partial charge in [-0.15, -0.1) is 0 Å². The van der Waals surface area contributed by atoms with Crippen molar-refractivity contribution in [1.29, 1.82) is 0 Å². The maximum atomic E-state index is 11.7. The minimum atomic E-state index is -1.22. The molecule has 1 aliphatic rings. The van der Waals surface area contributed by atoms with Gasteiger partial charge in [-0.25, -0.2) is 4.98 Å². The molecule has 16 heavy (non-hydrogen) atoms. The van der Waals surface area contributed by atoms with Crippen molar-refractivity contribution in [2.24, 2.45) is 5.41 Å². The van der Waals surface area contributed by atoms with Gasteiger partial charge in [0.25, 0.3) is 0 Å². The van der Waals surface area contributed by atoms with Gasteiger partial charge in [0.05, 0.1) is 0 Å². The Labute approximate surface area is 92.5 Å². The van der Waals surface area contributed by atoms with Gasteiger partial charge in [-0.3, -0.25) is 9.59 Å². The molecule has 0 saturated heterocycles. The van der Waals surface area contributed by atoms with Gasteiger partial charge in [0.2, 0.25) is 5.91 Å². The van der Waals surface area contributed by atoms with Crippen LogP contribution in [-0.2, 0) is 9.59 Å². The third-order valence-electron chi connectivity index (χ3n) is 2.72. The molecule has 0 atom stereocenters. The predicted octanol–water partition coefficient (Wildman–Crippen LogP) is 1.19. The summed E-state index contributed by atoms with van der Waals surface area (Å²) < 4.78 is 0. The molecule has 1 aromatic heterocycles. The Balaban J connectivity index is 2.11. The molecule has 1 aromatic rings. The third-order valence-corrected chi connectivity index (χ3v) is 2.72. The molecule has 1 fully saturated rings. The van der Waals surface area contributed by atoms with Crippen molar-refractivity contribution in [1.82, 2.24) is 4.98 Å². The minimum Gasteiger partial charge on any atom is -0.480 e. The maximum Gasteiger partial charge on any atom is 0.319 e. The molecule has 1 amide bonds. The van der Waals surface area contributed by atoms with Crippen LogP contribution >= 0.6 is 0 Å². The zero-order valence-electron chi connectivity index (χ0n) is 8.86. The fourth-order valence-electron chi connectivity index (χ4n) is 1.51. The molecule has 5 nitrogen and oxygen atoms in total. The molecule has 1 heterocycles. The molecule has 0 bridgehead atoms. The quantitative estimate of drug-likeness (QED) is 0.750. The Bertz CT molecular complexity index is 452. The topological polar surface area (TPSA) is 79.3 Å². The maximum absolute atomic E-state index is 11.7. The summed E-state index contributed by atoms with van der Waals surface area (Å²) >= 11 is 0. The van der Waals surface area contributed by atoms with Gasteiger partial charge < -0.3 is 10.4 Å². The summed E-state index contributed by atoms with van der Waals surface area (Å²) in [6.45, 7) is 1.81. The van der Waals surface area contributed by atoms with E-state index >= 15 is 0 Å². The number of nitrogens with zero attached hydrogens (tertiary/aromatic N) is 1. The van der Waals surface area contributed by atoms with Crippen molar-refractivity contribution in [3.63, 3.8) is 0 Å². The largest absolute Gasteiger partial charge is 0.480 e. The molecule has 0 aromatic carbocycles. The van der Waals surface area contributed by atoms with E-state index in [4.69, 9.17) is 5.11 Å². The van der Waals surface area contributed by atoms with Gasteiger partial charge in [0, 0.05) is 5.69 Å². The lowest BCUT2D eigenvalue weighted by molar-refractivity contribution is -0.147. The monoisotopic (exact) mass is 220 g/mol. The van der Waals surface area contributed by atoms with E-state index in [1.54, 1.807) is 25.1 Å². The second-order valence-electron chi connectivity index (χ2n) is 4.01. The predicted molar refractivity (Wildman–Crippen MR) is 56.9 cm³/mol. The SMILES string of the molecule is Cc1cccc(NC(=O)C2(C(=O)O)CC2)n1. The number of aliphatic carboxylic acids is 1. The molecule has 0 spiro atoms. The van der Waals surface area contributed by atoms with Crippen molar-refractivity contribution >= 4 is 17.7 Å². The molecule has 0 unspecified atom stereocenters. The highest BCUT2D eigenvalue weighted by Gasteiger charge is 2.57. The normalized spacial score (nSPS) is 16.6. The van der Waals surface area contributed by atoms with Crippen LogP contribution in [0.5, 0.6) is 0 Å². The van der Waals surface area contributed by atoms with E-state index in [-0.39, 0.29) is 0 Å². The van der Waals surface area contributed by atoms with E-state index in [0.29, 0.717) is 18.7 Å². The molecular weight excluding hydrogens is 208 g/mol. The Morgan fingerprint density at radius 3 is 2.62 bits per heavy atom. The lowest BCUT2D eigenvalue weighted by atomic mass is 10.1. The number of amides is 1. The summed E-state index contributed by atoms with van der Waals surface area (Å²) in [5.74, 6) is -1.13. The Kier molecular flexibility index (Phi) is 2.38. The zero-order chi connectivity index (χ0) is 11.8. The smallest absolute Gasteiger partial charge is 0.319 e. The van der Waals surface area contributed by atoms with Crippen LogP contribution in [0.15, 0.2) is 18.2 Å². The number of rotatable bonds is 3. The molecule has 84 valence electrons. The van der Waals surface area contributed by atoms with Crippen LogP contribution in [0.2, 0.25) is 0 Å². The van der Waals surface area contributed by atoms with Crippen molar-refractivity contribution in [2.45, 2.75) is 19.8 Å². The Morgan fingerprint density at radius 1 is 1.44 bits per heavy atom. The number of hydrogen-bond acceptors (Lipinski definition) is 3. The van der Waals surface area contributed by atoms with Gasteiger partial charge in [0.15, 0.2) is 0 Å². The van der Waals surface area contributed by atoms with E-state index in [0.717, 1.165) is 5.69 Å². The fourth-order valence-corrected chi connectivity index (χ4v) is 1.51. The van der Waals surface area contributed by atoms with Crippen LogP contribution < -0.4 is 5.32 Å². The zero-order valence-corrected chi connectivity index (χ0v) is 8.86. The van der Waals surface area contributed by atoms with Crippen molar-refractivity contribution in [2.75, 3.05) is 5.32 Å². The van der Waals surface area contributed by atoms with E-state index in [9.17, 15) is 9.59 Å². The first-order valence-corrected chi connectivity index (χ1v) is 5.03. The number of carbonyl (C=O) groups is 2. The first-order valence-electron chi connectivity index (χ1n) is 5.03. The van der Waals surface area contributed by atoms with Gasteiger partial charge in [-0.05, 0) is 31.9 Å². The van der Waals surface area contributed by atoms with Gasteiger partial charge in [-0.1, -0.05) is 6.07 Å². The second-order valence-corrected chi connectivity index (χ2v) is 4.01. The third kappa shape index (κ3) is 1.76. The van der Waals surface area contributed by atoms with Crippen molar-refractivity contribution < 1.29 is 14.7 Å². The van der Waals surface area contributed by atoms with Gasteiger partial charge in [-0.2, -0.15) is 0 Å². The number of carboxylic acid groups (broad SMARTS) is 1. The van der Waals surface area contributed by atoms with Crippen LogP contribution in [0.4, 0.5) is 5.82 Å². The molecular formula is C11H12N2O3. The molecule has 2 N–H and O–H groups in total. The summed E-state index contributed by atoms with van der Waals surface area (Å²) in [4.78, 5) is 26.7. The molecule has 0 aliphatic heterocycles. The van der Waals surface area contributed by atoms with Crippen LogP contribution in [0, 0.1) is 12.3 Å². The van der Waals surface area contributed by atoms with Gasteiger partial charge in [0.1, 0.15) is 11.2 Å². The van der Waals surface area contributed by atoms with Crippen LogP contribution in [0.3, 0.4) is 0 Å². The number of nitrogens with one attached hydrogen (secondary N) is 1. The Hall–Kier alpha value is -1.91. The number of carboxylic acids is 1. The average Bonchev–Trinajstić information content (AvgIpc) is 2.97. The number of aryl methyl sites for hydroxylation is 1. The fraction of sp³-hybridized carbons (Fsp3) is 0.364. The number of anilines is 1. The van der Waals surface area contributed by atoms with E-state index in [1.807, 2.05) is 0 Å². The highest BCUT2D eigenvalue weighted by Crippen LogP contribution is 2.46. The number of aromatic nitrogens is 1. The summed E-state index contributed by atoms with van der Waals surface area (Å²) in [5.41, 5.74) is -0.441. The number of carbonyl (C=O) groups excluding carboxylic acids is 1. The molecule has 5 heteroatoms. The first-order chi connectivity index (χ1) is 7.54. The van der Waals surface area contributed by atoms with E-state index < -0.39 is 17.3 Å². The van der Waals surface area contributed by atoms with E-state index in [1.165, 1.54) is 0 Å². The molecule has 0 radical (unpaired) electrons.